The van der Waals surface area contributed by atoms with Crippen LogP contribution in [0.15, 0.2) is 86.9 Å². The molecule has 0 spiro atoms. The van der Waals surface area contributed by atoms with Crippen LogP contribution in [0.1, 0.15) is 48.6 Å². The van der Waals surface area contributed by atoms with Crippen molar-refractivity contribution in [2.45, 2.75) is 37.3 Å². The number of fused-ring (bicyclic) bond motifs is 1. The van der Waals surface area contributed by atoms with Gasteiger partial charge in [-0.15, -0.1) is 11.3 Å². The molecule has 0 fully saturated rings. The van der Waals surface area contributed by atoms with Crippen LogP contribution in [0.5, 0.6) is 0 Å². The normalized spacial score (nSPS) is 17.3. The second-order valence-electron chi connectivity index (χ2n) is 8.63. The van der Waals surface area contributed by atoms with Crippen LogP contribution < -0.4 is 0 Å². The van der Waals surface area contributed by atoms with E-state index in [2.05, 4.69) is 34.8 Å². The molecule has 4 aromatic rings. The van der Waals surface area contributed by atoms with Gasteiger partial charge in [0, 0.05) is 17.3 Å². The molecule has 0 saturated carbocycles. The summed E-state index contributed by atoms with van der Waals surface area (Å²) in [7, 11) is -3.84. The Hall–Kier alpha value is -2.96. The lowest BCUT2D eigenvalue weighted by Gasteiger charge is -2.18. The zero-order chi connectivity index (χ0) is 23.0. The van der Waals surface area contributed by atoms with Gasteiger partial charge in [0.2, 0.25) is 0 Å². The molecule has 4 nitrogen and oxygen atoms in total. The Balaban J connectivity index is 1.80. The Morgan fingerprint density at radius 1 is 1.06 bits per heavy atom. The Labute approximate surface area is 199 Å². The molecule has 1 atom stereocenters. The predicted molar refractivity (Wildman–Crippen MR) is 137 cm³/mol. The molecule has 0 radical (unpaired) electrons. The van der Waals surface area contributed by atoms with E-state index < -0.39 is 10.0 Å². The van der Waals surface area contributed by atoms with Gasteiger partial charge in [-0.25, -0.2) is 0 Å². The van der Waals surface area contributed by atoms with Crippen LogP contribution in [0.4, 0.5) is 0 Å². The van der Waals surface area contributed by atoms with Gasteiger partial charge in [-0.2, -0.15) is 12.8 Å². The number of allylic oxidation sites excluding steroid dienone is 2. The Morgan fingerprint density at radius 2 is 1.85 bits per heavy atom. The summed E-state index contributed by atoms with van der Waals surface area (Å²) >= 11 is 1.19. The minimum absolute atomic E-state index is 0.249. The Kier molecular flexibility index (Phi) is 5.81. The quantitative estimate of drug-likeness (QED) is 0.301. The molecule has 1 aromatic carbocycles. The summed E-state index contributed by atoms with van der Waals surface area (Å²) in [6.45, 7) is 4.38. The van der Waals surface area contributed by atoms with Crippen molar-refractivity contribution in [2.24, 2.45) is 10.3 Å². The highest BCUT2D eigenvalue weighted by Gasteiger charge is 2.26. The van der Waals surface area contributed by atoms with Crippen LogP contribution in [0.2, 0.25) is 0 Å². The second-order valence-corrected chi connectivity index (χ2v) is 11.4. The van der Waals surface area contributed by atoms with E-state index in [9.17, 15) is 8.42 Å². The molecular weight excluding hydrogens is 448 g/mol. The largest absolute Gasteiger partial charge is 0.314 e. The van der Waals surface area contributed by atoms with E-state index in [1.165, 1.54) is 22.5 Å². The van der Waals surface area contributed by atoms with Crippen LogP contribution in [-0.2, 0) is 10.0 Å². The van der Waals surface area contributed by atoms with Crippen molar-refractivity contribution < 1.29 is 8.42 Å². The van der Waals surface area contributed by atoms with Crippen LogP contribution in [0, 0.1) is 12.8 Å². The molecule has 3 aromatic heterocycles. The lowest BCUT2D eigenvalue weighted by molar-refractivity contribution is 0.534. The van der Waals surface area contributed by atoms with E-state index in [0.29, 0.717) is 11.6 Å². The third-order valence-electron chi connectivity index (χ3n) is 6.31. The Bertz CT molecular complexity index is 1460. The van der Waals surface area contributed by atoms with E-state index in [0.717, 1.165) is 41.6 Å². The van der Waals surface area contributed by atoms with E-state index in [-0.39, 0.29) is 4.21 Å². The minimum Gasteiger partial charge on any atom is -0.314 e. The minimum atomic E-state index is -3.84. The SMILES string of the molecule is Cc1c(C2=CCC(C)CC2)c2ccccn2c1/C(=N\S(=O)(=O)c1cccs1)c1ccccc1. The molecule has 0 amide bonds. The van der Waals surface area contributed by atoms with E-state index in [1.807, 2.05) is 48.7 Å². The van der Waals surface area contributed by atoms with Gasteiger partial charge in [0.1, 0.15) is 9.92 Å². The number of benzene rings is 1. The zero-order valence-electron chi connectivity index (χ0n) is 18.7. The van der Waals surface area contributed by atoms with Crippen molar-refractivity contribution in [1.82, 2.24) is 4.40 Å². The summed E-state index contributed by atoms with van der Waals surface area (Å²) in [6.07, 6.45) is 7.62. The maximum atomic E-state index is 13.2. The van der Waals surface area contributed by atoms with Gasteiger partial charge in [-0.3, -0.25) is 0 Å². The highest BCUT2D eigenvalue weighted by molar-refractivity contribution is 7.92. The first kappa shape index (κ1) is 21.9. The number of thiophene rings is 1. The molecule has 1 aliphatic carbocycles. The summed E-state index contributed by atoms with van der Waals surface area (Å²) in [5, 5.41) is 1.76. The molecule has 0 N–H and O–H groups in total. The zero-order valence-corrected chi connectivity index (χ0v) is 20.4. The van der Waals surface area contributed by atoms with Crippen LogP contribution in [0.25, 0.3) is 11.1 Å². The van der Waals surface area contributed by atoms with Crippen molar-refractivity contribution in [3.05, 3.63) is 101 Å². The maximum absolute atomic E-state index is 13.2. The van der Waals surface area contributed by atoms with E-state index >= 15 is 0 Å². The van der Waals surface area contributed by atoms with Crippen molar-refractivity contribution >= 4 is 38.2 Å². The smallest absolute Gasteiger partial charge is 0.292 e. The monoisotopic (exact) mass is 474 g/mol. The van der Waals surface area contributed by atoms with Crippen LogP contribution in [-0.4, -0.2) is 18.5 Å². The first-order chi connectivity index (χ1) is 16.0. The number of aromatic nitrogens is 1. The van der Waals surface area contributed by atoms with Crippen molar-refractivity contribution in [3.63, 3.8) is 0 Å². The van der Waals surface area contributed by atoms with Crippen molar-refractivity contribution in [1.29, 1.82) is 0 Å². The summed E-state index contributed by atoms with van der Waals surface area (Å²) < 4.78 is 33.3. The molecule has 0 bridgehead atoms. The molecule has 168 valence electrons. The molecule has 0 aliphatic heterocycles. The fourth-order valence-electron chi connectivity index (χ4n) is 4.63. The van der Waals surface area contributed by atoms with Crippen LogP contribution >= 0.6 is 11.3 Å². The van der Waals surface area contributed by atoms with Gasteiger partial charge >= 0.3 is 0 Å². The van der Waals surface area contributed by atoms with Gasteiger partial charge in [-0.05, 0) is 66.8 Å². The third kappa shape index (κ3) is 4.09. The van der Waals surface area contributed by atoms with Gasteiger partial charge in [0.15, 0.2) is 0 Å². The van der Waals surface area contributed by atoms with Gasteiger partial charge in [-0.1, -0.05) is 55.5 Å². The molecule has 6 heteroatoms. The van der Waals surface area contributed by atoms with Crippen molar-refractivity contribution in [3.8, 4) is 0 Å². The number of hydrogen-bond donors (Lipinski definition) is 0. The average Bonchev–Trinajstić information content (AvgIpc) is 3.46. The fourth-order valence-corrected chi connectivity index (χ4v) is 6.61. The van der Waals surface area contributed by atoms with E-state index in [1.54, 1.807) is 17.5 Å². The number of nitrogens with zero attached hydrogens (tertiary/aromatic N) is 2. The highest BCUT2D eigenvalue weighted by Crippen LogP contribution is 2.37. The summed E-state index contributed by atoms with van der Waals surface area (Å²) in [5.74, 6) is 0.694. The summed E-state index contributed by atoms with van der Waals surface area (Å²) in [5.41, 5.74) is 6.77. The van der Waals surface area contributed by atoms with Gasteiger partial charge in [0.25, 0.3) is 10.0 Å². The van der Waals surface area contributed by atoms with Gasteiger partial charge in [0.05, 0.1) is 11.2 Å². The molecule has 1 unspecified atom stereocenters. The fraction of sp³-hybridized carbons (Fsp3) is 0.222. The van der Waals surface area contributed by atoms with Gasteiger partial charge < -0.3 is 4.40 Å². The predicted octanol–water partition coefficient (Wildman–Crippen LogP) is 6.74. The molecule has 1 aliphatic rings. The molecule has 3 heterocycles. The first-order valence-electron chi connectivity index (χ1n) is 11.2. The number of sulfonamides is 1. The summed E-state index contributed by atoms with van der Waals surface area (Å²) in [4.78, 5) is 0. The maximum Gasteiger partial charge on any atom is 0.292 e. The molecule has 0 saturated heterocycles. The number of pyridine rings is 1. The van der Waals surface area contributed by atoms with E-state index in [4.69, 9.17) is 0 Å². The molecule has 33 heavy (non-hydrogen) atoms. The second kappa shape index (κ2) is 8.76. The van der Waals surface area contributed by atoms with Crippen molar-refractivity contribution in [2.75, 3.05) is 0 Å². The molecular formula is C27H26N2O2S2. The third-order valence-corrected chi connectivity index (χ3v) is 8.96. The lowest BCUT2D eigenvalue weighted by Crippen LogP contribution is -2.12. The average molecular weight is 475 g/mol. The van der Waals surface area contributed by atoms with Crippen LogP contribution in [0.3, 0.4) is 0 Å². The lowest BCUT2D eigenvalue weighted by atomic mass is 9.86. The topological polar surface area (TPSA) is 50.9 Å². The number of rotatable bonds is 5. The Morgan fingerprint density at radius 3 is 2.55 bits per heavy atom. The standard InChI is InChI=1S/C27H26N2O2S2/c1-19-13-15-21(16-14-19)25-20(2)27(29-17-7-6-11-23(25)29)26(22-9-4-3-5-10-22)28-33(30,31)24-12-8-18-32-24/h3-12,15,17-19H,13-14,16H2,1-2H3/b28-26-. The molecule has 5 rings (SSSR count). The number of hydrogen-bond acceptors (Lipinski definition) is 3. The first-order valence-corrected chi connectivity index (χ1v) is 13.5. The summed E-state index contributed by atoms with van der Waals surface area (Å²) in [6, 6.07) is 19.1. The highest BCUT2D eigenvalue weighted by atomic mass is 32.2.